The zero-order chi connectivity index (χ0) is 8.69. The average molecular weight is 156 g/mol. The van der Waals surface area contributed by atoms with E-state index in [9.17, 15) is 9.59 Å². The lowest BCUT2D eigenvalue weighted by Gasteiger charge is -1.98. The maximum absolute atomic E-state index is 10.4. The number of carboxylic acids is 1. The highest BCUT2D eigenvalue weighted by molar-refractivity contribution is 5.86. The summed E-state index contributed by atoms with van der Waals surface area (Å²) >= 11 is 0. The molecule has 11 heavy (non-hydrogen) atoms. The second kappa shape index (κ2) is 5.46. The standard InChI is InChI=1S/C7H10NO3/c1-2-6(9)8-5-3-4-7(10)11/h1-2H,3-5H2,(H,8,9)(H,10,11). The molecule has 4 heteroatoms. The van der Waals surface area contributed by atoms with Gasteiger partial charge in [-0.2, -0.15) is 0 Å². The van der Waals surface area contributed by atoms with E-state index in [0.717, 1.165) is 6.08 Å². The summed E-state index contributed by atoms with van der Waals surface area (Å²) in [6.45, 7) is 5.21. The number of hydrogen-bond acceptors (Lipinski definition) is 2. The van der Waals surface area contributed by atoms with Crippen LogP contribution in [0.25, 0.3) is 0 Å². The fourth-order valence-electron chi connectivity index (χ4n) is 0.510. The summed E-state index contributed by atoms with van der Waals surface area (Å²) < 4.78 is 0. The van der Waals surface area contributed by atoms with Gasteiger partial charge in [0.05, 0.1) is 0 Å². The van der Waals surface area contributed by atoms with E-state index < -0.39 is 5.97 Å². The Bertz CT molecular complexity index is 165. The van der Waals surface area contributed by atoms with E-state index in [1.54, 1.807) is 0 Å². The molecule has 2 N–H and O–H groups in total. The Labute approximate surface area is 64.9 Å². The Balaban J connectivity index is 3.21. The summed E-state index contributed by atoms with van der Waals surface area (Å²) in [4.78, 5) is 20.4. The minimum atomic E-state index is -0.865. The number of amides is 1. The summed E-state index contributed by atoms with van der Waals surface area (Å²) in [6.07, 6.45) is 1.39. The lowest BCUT2D eigenvalue weighted by Crippen LogP contribution is -2.22. The van der Waals surface area contributed by atoms with Gasteiger partial charge in [0.1, 0.15) is 0 Å². The predicted octanol–water partition coefficient (Wildman–Crippen LogP) is -0.0434. The van der Waals surface area contributed by atoms with Crippen LogP contribution in [0.15, 0.2) is 6.08 Å². The van der Waals surface area contributed by atoms with Crippen LogP contribution in [-0.4, -0.2) is 23.5 Å². The van der Waals surface area contributed by atoms with Gasteiger partial charge in [-0.15, -0.1) is 0 Å². The first-order valence-electron chi connectivity index (χ1n) is 3.21. The highest BCUT2D eigenvalue weighted by Crippen LogP contribution is 1.85. The highest BCUT2D eigenvalue weighted by Gasteiger charge is 1.96. The van der Waals surface area contributed by atoms with Crippen LogP contribution in [0.2, 0.25) is 0 Å². The SMILES string of the molecule is [CH]=CC(=O)NCCCC(=O)O. The van der Waals surface area contributed by atoms with Crippen molar-refractivity contribution in [2.24, 2.45) is 0 Å². The van der Waals surface area contributed by atoms with E-state index in [1.807, 2.05) is 0 Å². The Kier molecular flexibility index (Phi) is 4.81. The molecular weight excluding hydrogens is 146 g/mol. The number of carboxylic acid groups (broad SMARTS) is 1. The molecule has 0 rings (SSSR count). The Morgan fingerprint density at radius 3 is 2.64 bits per heavy atom. The van der Waals surface area contributed by atoms with Gasteiger partial charge in [0.15, 0.2) is 0 Å². The molecule has 0 atom stereocenters. The maximum atomic E-state index is 10.4. The van der Waals surface area contributed by atoms with Crippen molar-refractivity contribution in [3.63, 3.8) is 0 Å². The maximum Gasteiger partial charge on any atom is 0.303 e. The summed E-state index contributed by atoms with van der Waals surface area (Å²) in [5, 5.41) is 10.6. The minimum absolute atomic E-state index is 0.0604. The van der Waals surface area contributed by atoms with Gasteiger partial charge in [0, 0.05) is 19.0 Å². The summed E-state index contributed by atoms with van der Waals surface area (Å²) in [5.41, 5.74) is 0. The predicted molar refractivity (Wildman–Crippen MR) is 38.7 cm³/mol. The van der Waals surface area contributed by atoms with Crippen LogP contribution in [0.1, 0.15) is 12.8 Å². The third kappa shape index (κ3) is 6.57. The summed E-state index contributed by atoms with van der Waals surface area (Å²) in [6, 6.07) is 0. The van der Waals surface area contributed by atoms with Crippen molar-refractivity contribution in [2.75, 3.05) is 6.54 Å². The second-order valence-electron chi connectivity index (χ2n) is 1.95. The molecule has 0 spiro atoms. The molecule has 0 saturated carbocycles. The normalized spacial score (nSPS) is 8.73. The molecule has 0 bridgehead atoms. The average Bonchev–Trinajstić information content (AvgIpc) is 1.97. The lowest BCUT2D eigenvalue weighted by molar-refractivity contribution is -0.137. The monoisotopic (exact) mass is 156 g/mol. The van der Waals surface area contributed by atoms with Gasteiger partial charge in [-0.3, -0.25) is 9.59 Å². The molecule has 0 aromatic rings. The summed E-state index contributed by atoms with van der Waals surface area (Å²) in [5.74, 6) is -1.24. The van der Waals surface area contributed by atoms with Crippen LogP contribution in [0.3, 0.4) is 0 Å². The molecule has 0 heterocycles. The van der Waals surface area contributed by atoms with Crippen LogP contribution in [0.5, 0.6) is 0 Å². The van der Waals surface area contributed by atoms with Crippen LogP contribution in [-0.2, 0) is 9.59 Å². The minimum Gasteiger partial charge on any atom is -0.481 e. The van der Waals surface area contributed by atoms with E-state index in [1.165, 1.54) is 0 Å². The van der Waals surface area contributed by atoms with Gasteiger partial charge in [-0.1, -0.05) is 6.58 Å². The topological polar surface area (TPSA) is 66.4 Å². The third-order valence-corrected chi connectivity index (χ3v) is 1.02. The van der Waals surface area contributed by atoms with Crippen LogP contribution in [0, 0.1) is 6.58 Å². The molecule has 0 saturated heterocycles. The first-order chi connectivity index (χ1) is 5.16. The molecule has 4 nitrogen and oxygen atoms in total. The van der Waals surface area contributed by atoms with E-state index in [-0.39, 0.29) is 12.3 Å². The van der Waals surface area contributed by atoms with Crippen molar-refractivity contribution in [1.29, 1.82) is 0 Å². The molecule has 0 aliphatic rings. The van der Waals surface area contributed by atoms with Crippen molar-refractivity contribution >= 4 is 11.9 Å². The van der Waals surface area contributed by atoms with Gasteiger partial charge in [-0.05, 0) is 6.42 Å². The molecule has 1 radical (unpaired) electrons. The van der Waals surface area contributed by atoms with Gasteiger partial charge >= 0.3 is 5.97 Å². The quantitative estimate of drug-likeness (QED) is 0.433. The van der Waals surface area contributed by atoms with E-state index >= 15 is 0 Å². The smallest absolute Gasteiger partial charge is 0.303 e. The van der Waals surface area contributed by atoms with Crippen LogP contribution >= 0.6 is 0 Å². The van der Waals surface area contributed by atoms with E-state index in [4.69, 9.17) is 11.7 Å². The molecule has 0 aliphatic heterocycles. The molecule has 61 valence electrons. The number of aliphatic carboxylic acids is 1. The zero-order valence-corrected chi connectivity index (χ0v) is 6.04. The first kappa shape index (κ1) is 9.68. The van der Waals surface area contributed by atoms with Gasteiger partial charge < -0.3 is 10.4 Å². The molecule has 0 aliphatic carbocycles. The number of carbonyl (C=O) groups is 2. The fraction of sp³-hybridized carbons (Fsp3) is 0.429. The molecule has 0 aromatic carbocycles. The fourth-order valence-corrected chi connectivity index (χ4v) is 0.510. The molecular formula is C7H10NO3. The molecule has 1 amide bonds. The van der Waals surface area contributed by atoms with E-state index in [0.29, 0.717) is 13.0 Å². The van der Waals surface area contributed by atoms with Crippen molar-refractivity contribution in [3.8, 4) is 0 Å². The second-order valence-corrected chi connectivity index (χ2v) is 1.95. The lowest BCUT2D eigenvalue weighted by atomic mass is 10.3. The van der Waals surface area contributed by atoms with Gasteiger partial charge in [0.25, 0.3) is 0 Å². The number of nitrogens with one attached hydrogen (secondary N) is 1. The molecule has 0 aromatic heterocycles. The van der Waals surface area contributed by atoms with Gasteiger partial charge in [0.2, 0.25) is 5.91 Å². The molecule has 0 fully saturated rings. The zero-order valence-electron chi connectivity index (χ0n) is 6.04. The van der Waals surface area contributed by atoms with E-state index in [2.05, 4.69) is 5.32 Å². The Morgan fingerprint density at radius 2 is 2.18 bits per heavy atom. The van der Waals surface area contributed by atoms with Crippen molar-refractivity contribution in [3.05, 3.63) is 12.7 Å². The van der Waals surface area contributed by atoms with Crippen LogP contribution < -0.4 is 5.32 Å². The number of carbonyl (C=O) groups excluding carboxylic acids is 1. The highest BCUT2D eigenvalue weighted by atomic mass is 16.4. The van der Waals surface area contributed by atoms with Crippen LogP contribution in [0.4, 0.5) is 0 Å². The largest absolute Gasteiger partial charge is 0.481 e. The van der Waals surface area contributed by atoms with Crippen molar-refractivity contribution < 1.29 is 14.7 Å². The molecule has 0 unspecified atom stereocenters. The van der Waals surface area contributed by atoms with Crippen molar-refractivity contribution in [1.82, 2.24) is 5.32 Å². The number of hydrogen-bond donors (Lipinski definition) is 2. The third-order valence-electron chi connectivity index (χ3n) is 1.02. The number of rotatable bonds is 5. The first-order valence-corrected chi connectivity index (χ1v) is 3.21. The summed E-state index contributed by atoms with van der Waals surface area (Å²) in [7, 11) is 0. The van der Waals surface area contributed by atoms with Crippen molar-refractivity contribution in [2.45, 2.75) is 12.8 Å². The Morgan fingerprint density at radius 1 is 1.55 bits per heavy atom. The Hall–Kier alpha value is -1.32. The van der Waals surface area contributed by atoms with Gasteiger partial charge in [-0.25, -0.2) is 0 Å².